The molecule has 124 valence electrons. The van der Waals surface area contributed by atoms with Crippen LogP contribution in [-0.2, 0) is 4.79 Å². The number of rotatable bonds is 8. The first-order chi connectivity index (χ1) is 11.1. The van der Waals surface area contributed by atoms with Gasteiger partial charge < -0.3 is 10.1 Å². The van der Waals surface area contributed by atoms with E-state index in [2.05, 4.69) is 22.4 Å². The highest BCUT2D eigenvalue weighted by atomic mass is 32.2. The molecule has 0 bridgehead atoms. The van der Waals surface area contributed by atoms with Crippen LogP contribution < -0.4 is 10.1 Å². The Labute approximate surface area is 148 Å². The average Bonchev–Trinajstić information content (AvgIpc) is 3.00. The Morgan fingerprint density at radius 2 is 2.09 bits per heavy atom. The van der Waals surface area contributed by atoms with Crippen molar-refractivity contribution in [2.24, 2.45) is 0 Å². The van der Waals surface area contributed by atoms with Crippen molar-refractivity contribution in [2.75, 3.05) is 18.2 Å². The predicted molar refractivity (Wildman–Crippen MR) is 97.9 cm³/mol. The maximum atomic E-state index is 12.3. The Morgan fingerprint density at radius 3 is 2.83 bits per heavy atom. The van der Waals surface area contributed by atoms with E-state index in [1.165, 1.54) is 23.1 Å². The first-order valence-corrected chi connectivity index (χ1v) is 9.89. The Hall–Kier alpha value is -1.25. The van der Waals surface area contributed by atoms with Crippen LogP contribution in [0.5, 0.6) is 5.75 Å². The first kappa shape index (κ1) is 18.1. The van der Waals surface area contributed by atoms with Gasteiger partial charge in [-0.25, -0.2) is 0 Å². The second kappa shape index (κ2) is 9.14. The molecule has 1 heterocycles. The van der Waals surface area contributed by atoms with Crippen molar-refractivity contribution in [2.45, 2.75) is 34.2 Å². The lowest BCUT2D eigenvalue weighted by Gasteiger charge is -2.12. The van der Waals surface area contributed by atoms with Gasteiger partial charge in [0.2, 0.25) is 5.91 Å². The van der Waals surface area contributed by atoms with Crippen LogP contribution >= 0.6 is 34.9 Å². The van der Waals surface area contributed by atoms with Gasteiger partial charge in [0.1, 0.15) is 5.75 Å². The van der Waals surface area contributed by atoms with Crippen LogP contribution in [0.3, 0.4) is 0 Å². The molecule has 0 radical (unpaired) electrons. The van der Waals surface area contributed by atoms with Gasteiger partial charge in [-0.3, -0.25) is 4.79 Å². The van der Waals surface area contributed by atoms with Crippen LogP contribution in [0, 0.1) is 0 Å². The fourth-order valence-corrected chi connectivity index (χ4v) is 4.77. The highest BCUT2D eigenvalue weighted by Crippen LogP contribution is 2.32. The average molecular weight is 370 g/mol. The van der Waals surface area contributed by atoms with E-state index >= 15 is 0 Å². The lowest BCUT2D eigenvalue weighted by Crippen LogP contribution is -2.22. The molecule has 0 unspecified atom stereocenters. The third-order valence-corrected chi connectivity index (χ3v) is 6.28. The number of carbonyl (C=O) groups excluding carboxylic acids is 1. The maximum absolute atomic E-state index is 12.3. The van der Waals surface area contributed by atoms with Crippen LogP contribution in [-0.4, -0.2) is 34.2 Å². The Kier molecular flexibility index (Phi) is 7.19. The fraction of sp³-hybridized carbons (Fsp3) is 0.400. The number of benzene rings is 1. The number of para-hydroxylation sites is 2. The summed E-state index contributed by atoms with van der Waals surface area (Å²) in [7, 11) is 1.58. The lowest BCUT2D eigenvalue weighted by atomic mass is 10.3. The van der Waals surface area contributed by atoms with Gasteiger partial charge in [-0.1, -0.05) is 53.9 Å². The molecule has 1 aromatic carbocycles. The molecule has 1 amide bonds. The number of thioether (sulfide) groups is 2. The standard InChI is InChI=1S/C15H19N3O2S3/c1-4-9-21-14-17-18-15(23-14)22-10(2)13(19)16-11-7-5-6-8-12(11)20-3/h5-8,10H,4,9H2,1-3H3,(H,16,19)/t10-/m1/s1. The molecular formula is C15H19N3O2S3. The fourth-order valence-electron chi connectivity index (χ4n) is 1.68. The van der Waals surface area contributed by atoms with Crippen molar-refractivity contribution < 1.29 is 9.53 Å². The number of amides is 1. The summed E-state index contributed by atoms with van der Waals surface area (Å²) in [6.45, 7) is 3.99. The number of ether oxygens (including phenoxy) is 1. The van der Waals surface area contributed by atoms with E-state index < -0.39 is 0 Å². The molecule has 0 fully saturated rings. The van der Waals surface area contributed by atoms with Crippen LogP contribution in [0.25, 0.3) is 0 Å². The van der Waals surface area contributed by atoms with Gasteiger partial charge in [0, 0.05) is 5.75 Å². The summed E-state index contributed by atoms with van der Waals surface area (Å²) in [4.78, 5) is 12.3. The SMILES string of the molecule is CCCSc1nnc(S[C@H](C)C(=O)Nc2ccccc2OC)s1. The summed E-state index contributed by atoms with van der Waals surface area (Å²) >= 11 is 4.65. The molecule has 0 aliphatic heterocycles. The molecule has 2 rings (SSSR count). The number of nitrogens with one attached hydrogen (secondary N) is 1. The zero-order valence-corrected chi connectivity index (χ0v) is 15.7. The predicted octanol–water partition coefficient (Wildman–Crippen LogP) is 4.17. The quantitative estimate of drug-likeness (QED) is 0.705. The Bertz CT molecular complexity index is 648. The summed E-state index contributed by atoms with van der Waals surface area (Å²) in [5.41, 5.74) is 0.670. The van der Waals surface area contributed by atoms with E-state index in [9.17, 15) is 4.79 Å². The Morgan fingerprint density at radius 1 is 1.35 bits per heavy atom. The highest BCUT2D eigenvalue weighted by molar-refractivity contribution is 8.03. The second-order valence-corrected chi connectivity index (χ2v) is 8.54. The minimum atomic E-state index is -0.267. The third-order valence-electron chi connectivity index (χ3n) is 2.83. The summed E-state index contributed by atoms with van der Waals surface area (Å²) in [5, 5.41) is 10.9. The van der Waals surface area contributed by atoms with Gasteiger partial charge in [-0.05, 0) is 25.5 Å². The van der Waals surface area contributed by atoms with Crippen LogP contribution in [0.2, 0.25) is 0 Å². The number of hydrogen-bond donors (Lipinski definition) is 1. The van der Waals surface area contributed by atoms with Gasteiger partial charge in [0.25, 0.3) is 0 Å². The molecule has 0 aliphatic rings. The van der Waals surface area contributed by atoms with E-state index in [-0.39, 0.29) is 11.2 Å². The molecule has 23 heavy (non-hydrogen) atoms. The van der Waals surface area contributed by atoms with Crippen molar-refractivity contribution in [3.05, 3.63) is 24.3 Å². The smallest absolute Gasteiger partial charge is 0.237 e. The summed E-state index contributed by atoms with van der Waals surface area (Å²) in [6.07, 6.45) is 1.10. The van der Waals surface area contributed by atoms with Gasteiger partial charge in [-0.15, -0.1) is 10.2 Å². The number of nitrogens with zero attached hydrogens (tertiary/aromatic N) is 2. The molecular weight excluding hydrogens is 350 g/mol. The van der Waals surface area contributed by atoms with Crippen molar-refractivity contribution in [3.63, 3.8) is 0 Å². The van der Waals surface area contributed by atoms with Gasteiger partial charge in [-0.2, -0.15) is 0 Å². The number of anilines is 1. The third kappa shape index (κ3) is 5.40. The zero-order chi connectivity index (χ0) is 16.7. The first-order valence-electron chi connectivity index (χ1n) is 7.21. The van der Waals surface area contributed by atoms with E-state index in [1.807, 2.05) is 31.2 Å². The molecule has 1 atom stereocenters. The number of hydrogen-bond acceptors (Lipinski definition) is 7. The summed E-state index contributed by atoms with van der Waals surface area (Å²) < 4.78 is 7.00. The van der Waals surface area contributed by atoms with E-state index in [4.69, 9.17) is 4.74 Å². The van der Waals surface area contributed by atoms with Crippen molar-refractivity contribution in [1.82, 2.24) is 10.2 Å². The molecule has 1 aromatic heterocycles. The molecule has 1 N–H and O–H groups in total. The number of carbonyl (C=O) groups is 1. The summed E-state index contributed by atoms with van der Waals surface area (Å²) in [6, 6.07) is 7.36. The largest absolute Gasteiger partial charge is 0.495 e. The molecule has 0 aliphatic carbocycles. The van der Waals surface area contributed by atoms with Crippen molar-refractivity contribution in [1.29, 1.82) is 0 Å². The molecule has 8 heteroatoms. The van der Waals surface area contributed by atoms with Crippen molar-refractivity contribution in [3.8, 4) is 5.75 Å². The van der Waals surface area contributed by atoms with Crippen LogP contribution in [0.15, 0.2) is 32.9 Å². The van der Waals surface area contributed by atoms with Gasteiger partial charge in [0.15, 0.2) is 8.68 Å². The molecule has 0 spiro atoms. The number of aromatic nitrogens is 2. The van der Waals surface area contributed by atoms with E-state index in [1.54, 1.807) is 18.9 Å². The van der Waals surface area contributed by atoms with Gasteiger partial charge in [0.05, 0.1) is 18.0 Å². The molecule has 5 nitrogen and oxygen atoms in total. The second-order valence-electron chi connectivity index (χ2n) is 4.63. The van der Waals surface area contributed by atoms with Crippen LogP contribution in [0.1, 0.15) is 20.3 Å². The highest BCUT2D eigenvalue weighted by Gasteiger charge is 2.18. The normalized spacial score (nSPS) is 12.0. The van der Waals surface area contributed by atoms with Crippen molar-refractivity contribution >= 4 is 46.5 Å². The van der Waals surface area contributed by atoms with E-state index in [0.717, 1.165) is 20.9 Å². The van der Waals surface area contributed by atoms with E-state index in [0.29, 0.717) is 11.4 Å². The zero-order valence-electron chi connectivity index (χ0n) is 13.2. The minimum absolute atomic E-state index is 0.0857. The Balaban J connectivity index is 1.93. The monoisotopic (exact) mass is 369 g/mol. The molecule has 2 aromatic rings. The number of methoxy groups -OCH3 is 1. The molecule has 0 saturated carbocycles. The van der Waals surface area contributed by atoms with Gasteiger partial charge >= 0.3 is 0 Å². The topological polar surface area (TPSA) is 64.1 Å². The lowest BCUT2D eigenvalue weighted by molar-refractivity contribution is -0.115. The molecule has 0 saturated heterocycles. The maximum Gasteiger partial charge on any atom is 0.237 e. The summed E-state index contributed by atoms with van der Waals surface area (Å²) in [5.74, 6) is 1.59. The minimum Gasteiger partial charge on any atom is -0.495 e. The van der Waals surface area contributed by atoms with Crippen LogP contribution in [0.4, 0.5) is 5.69 Å².